The number of nitrogens with one attached hydrogen (secondary N) is 1. The van der Waals surface area contributed by atoms with Crippen LogP contribution in [0.2, 0.25) is 0 Å². The molecule has 6 nitrogen and oxygen atoms in total. The van der Waals surface area contributed by atoms with Crippen molar-refractivity contribution in [2.75, 3.05) is 18.0 Å². The first kappa shape index (κ1) is 17.7. The lowest BCUT2D eigenvalue weighted by Gasteiger charge is -2.29. The van der Waals surface area contributed by atoms with Gasteiger partial charge in [-0.2, -0.15) is 0 Å². The minimum atomic E-state index is 0.0423. The largest absolute Gasteiger partial charge is 0.403 e. The molecule has 0 bridgehead atoms. The molecule has 3 heterocycles. The lowest BCUT2D eigenvalue weighted by atomic mass is 9.96. The van der Waals surface area contributed by atoms with Gasteiger partial charge in [0.05, 0.1) is 6.54 Å². The summed E-state index contributed by atoms with van der Waals surface area (Å²) in [6.45, 7) is 4.14. The first-order valence-electron chi connectivity index (χ1n) is 9.14. The van der Waals surface area contributed by atoms with E-state index in [0.29, 0.717) is 18.5 Å². The van der Waals surface area contributed by atoms with Crippen molar-refractivity contribution in [3.63, 3.8) is 0 Å². The molecule has 1 aromatic carbocycles. The Morgan fingerprint density at radius 1 is 1.22 bits per heavy atom. The molecule has 0 radical (unpaired) electrons. The summed E-state index contributed by atoms with van der Waals surface area (Å²) in [5.74, 6) is 0.704. The van der Waals surface area contributed by atoms with Gasteiger partial charge in [-0.3, -0.25) is 4.79 Å². The summed E-state index contributed by atoms with van der Waals surface area (Å²) < 4.78 is 5.85. The van der Waals surface area contributed by atoms with E-state index in [1.54, 1.807) is 11.3 Å². The van der Waals surface area contributed by atoms with E-state index in [-0.39, 0.29) is 11.8 Å². The molecule has 0 spiro atoms. The van der Waals surface area contributed by atoms with Crippen LogP contribution in [0.1, 0.15) is 23.3 Å². The number of aromatic nitrogens is 2. The zero-order valence-corrected chi connectivity index (χ0v) is 16.0. The van der Waals surface area contributed by atoms with Gasteiger partial charge in [0.2, 0.25) is 11.8 Å². The number of amides is 1. The van der Waals surface area contributed by atoms with Crippen LogP contribution in [0, 0.1) is 12.8 Å². The summed E-state index contributed by atoms with van der Waals surface area (Å²) >= 11 is 1.66. The normalized spacial score (nSPS) is 15.1. The Morgan fingerprint density at radius 3 is 2.70 bits per heavy atom. The van der Waals surface area contributed by atoms with Crippen LogP contribution in [0.5, 0.6) is 0 Å². The van der Waals surface area contributed by atoms with E-state index in [4.69, 9.17) is 4.42 Å². The van der Waals surface area contributed by atoms with E-state index in [2.05, 4.69) is 20.4 Å². The lowest BCUT2D eigenvalue weighted by Crippen LogP contribution is -2.40. The van der Waals surface area contributed by atoms with E-state index in [0.717, 1.165) is 31.5 Å². The molecular weight excluding hydrogens is 360 g/mol. The van der Waals surface area contributed by atoms with Crippen LogP contribution in [0.25, 0.3) is 11.5 Å². The Hall–Kier alpha value is -2.67. The van der Waals surface area contributed by atoms with Gasteiger partial charge < -0.3 is 14.6 Å². The van der Waals surface area contributed by atoms with E-state index in [9.17, 15) is 4.79 Å². The molecule has 27 heavy (non-hydrogen) atoms. The molecule has 2 aromatic heterocycles. The quantitative estimate of drug-likeness (QED) is 0.729. The summed E-state index contributed by atoms with van der Waals surface area (Å²) in [7, 11) is 0. The van der Waals surface area contributed by atoms with E-state index >= 15 is 0 Å². The van der Waals surface area contributed by atoms with Crippen molar-refractivity contribution in [2.24, 2.45) is 5.92 Å². The fourth-order valence-corrected chi connectivity index (χ4v) is 3.87. The molecule has 0 aliphatic carbocycles. The van der Waals surface area contributed by atoms with Crippen molar-refractivity contribution in [1.29, 1.82) is 0 Å². The summed E-state index contributed by atoms with van der Waals surface area (Å²) in [5, 5.41) is 13.4. The summed E-state index contributed by atoms with van der Waals surface area (Å²) in [5.41, 5.74) is 2.11. The first-order chi connectivity index (χ1) is 13.2. The first-order valence-corrected chi connectivity index (χ1v) is 10.0. The Morgan fingerprint density at radius 2 is 2.00 bits per heavy atom. The number of hydrogen-bond donors (Lipinski definition) is 1. The number of thiophene rings is 1. The minimum Gasteiger partial charge on any atom is -0.403 e. The van der Waals surface area contributed by atoms with Gasteiger partial charge in [-0.15, -0.1) is 16.4 Å². The second-order valence-electron chi connectivity index (χ2n) is 6.81. The molecule has 1 N–H and O–H groups in total. The highest BCUT2D eigenvalue weighted by Crippen LogP contribution is 2.26. The molecule has 0 saturated carbocycles. The average Bonchev–Trinajstić information content (AvgIpc) is 3.39. The van der Waals surface area contributed by atoms with Crippen LogP contribution in [-0.4, -0.2) is 29.2 Å². The highest BCUT2D eigenvalue weighted by Gasteiger charge is 2.27. The number of aryl methyl sites for hydroxylation is 1. The van der Waals surface area contributed by atoms with Crippen LogP contribution < -0.4 is 10.2 Å². The molecule has 140 valence electrons. The monoisotopic (exact) mass is 382 g/mol. The summed E-state index contributed by atoms with van der Waals surface area (Å²) in [6.07, 6.45) is 1.58. The molecule has 3 aromatic rings. The molecule has 4 rings (SSSR count). The molecule has 1 aliphatic rings. The van der Waals surface area contributed by atoms with E-state index < -0.39 is 0 Å². The second kappa shape index (κ2) is 7.92. The highest BCUT2D eigenvalue weighted by molar-refractivity contribution is 7.09. The van der Waals surface area contributed by atoms with E-state index in [1.807, 2.05) is 48.7 Å². The molecule has 1 amide bonds. The van der Waals surface area contributed by atoms with Gasteiger partial charge in [-0.1, -0.05) is 28.9 Å². The number of piperidine rings is 1. The van der Waals surface area contributed by atoms with E-state index in [1.165, 1.54) is 10.4 Å². The van der Waals surface area contributed by atoms with Gasteiger partial charge >= 0.3 is 6.01 Å². The maximum absolute atomic E-state index is 12.4. The number of carbonyl (C=O) groups is 1. The van der Waals surface area contributed by atoms with Crippen LogP contribution in [0.4, 0.5) is 6.01 Å². The smallest absolute Gasteiger partial charge is 0.318 e. The Bertz CT molecular complexity index is 881. The SMILES string of the molecule is Cc1ccc(-c2nnc(N3CCC(C(=O)NCc4cccs4)CC3)o2)cc1. The van der Waals surface area contributed by atoms with Crippen LogP contribution in [0.15, 0.2) is 46.2 Å². The Kier molecular flexibility index (Phi) is 5.20. The van der Waals surface area contributed by atoms with Crippen molar-refractivity contribution in [2.45, 2.75) is 26.3 Å². The third-order valence-electron chi connectivity index (χ3n) is 4.87. The molecule has 0 atom stereocenters. The number of hydrogen-bond acceptors (Lipinski definition) is 6. The topological polar surface area (TPSA) is 71.3 Å². The van der Waals surface area contributed by atoms with Gasteiger partial charge in [0.25, 0.3) is 0 Å². The third kappa shape index (κ3) is 4.19. The number of nitrogens with zero attached hydrogens (tertiary/aromatic N) is 3. The third-order valence-corrected chi connectivity index (χ3v) is 5.74. The molecule has 7 heteroatoms. The number of rotatable bonds is 5. The Balaban J connectivity index is 1.31. The molecular formula is C20H22N4O2S. The van der Waals surface area contributed by atoms with Gasteiger partial charge in [-0.05, 0) is 43.3 Å². The molecule has 1 aliphatic heterocycles. The second-order valence-corrected chi connectivity index (χ2v) is 7.85. The van der Waals surface area contributed by atoms with Gasteiger partial charge in [0.1, 0.15) is 0 Å². The van der Waals surface area contributed by atoms with Crippen LogP contribution in [0.3, 0.4) is 0 Å². The summed E-state index contributed by atoms with van der Waals surface area (Å²) in [4.78, 5) is 15.6. The number of carbonyl (C=O) groups excluding carboxylic acids is 1. The van der Waals surface area contributed by atoms with Gasteiger partial charge in [-0.25, -0.2) is 0 Å². The maximum Gasteiger partial charge on any atom is 0.318 e. The maximum atomic E-state index is 12.4. The lowest BCUT2D eigenvalue weighted by molar-refractivity contribution is -0.125. The predicted octanol–water partition coefficient (Wildman–Crippen LogP) is 3.64. The minimum absolute atomic E-state index is 0.0423. The summed E-state index contributed by atoms with van der Waals surface area (Å²) in [6, 6.07) is 12.6. The van der Waals surface area contributed by atoms with Gasteiger partial charge in [0, 0.05) is 29.4 Å². The fourth-order valence-electron chi connectivity index (χ4n) is 3.22. The standard InChI is InChI=1S/C20H22N4O2S/c1-14-4-6-16(7-5-14)19-22-23-20(26-19)24-10-8-15(9-11-24)18(25)21-13-17-3-2-12-27-17/h2-7,12,15H,8-11,13H2,1H3,(H,21,25). The predicted molar refractivity (Wildman–Crippen MR) is 106 cm³/mol. The van der Waals surface area contributed by atoms with Crippen molar-refractivity contribution < 1.29 is 9.21 Å². The zero-order valence-electron chi connectivity index (χ0n) is 15.2. The highest BCUT2D eigenvalue weighted by atomic mass is 32.1. The fraction of sp³-hybridized carbons (Fsp3) is 0.350. The number of anilines is 1. The van der Waals surface area contributed by atoms with Crippen LogP contribution >= 0.6 is 11.3 Å². The van der Waals surface area contributed by atoms with Crippen molar-refractivity contribution in [3.05, 3.63) is 52.2 Å². The number of benzene rings is 1. The van der Waals surface area contributed by atoms with Crippen molar-refractivity contribution in [3.8, 4) is 11.5 Å². The zero-order chi connectivity index (χ0) is 18.6. The average molecular weight is 382 g/mol. The van der Waals surface area contributed by atoms with Crippen LogP contribution in [-0.2, 0) is 11.3 Å². The molecule has 1 fully saturated rings. The molecule has 1 saturated heterocycles. The molecule has 0 unspecified atom stereocenters. The van der Waals surface area contributed by atoms with Crippen molar-refractivity contribution in [1.82, 2.24) is 15.5 Å². The van der Waals surface area contributed by atoms with Gasteiger partial charge in [0.15, 0.2) is 0 Å². The van der Waals surface area contributed by atoms with Crippen molar-refractivity contribution >= 4 is 23.3 Å². The Labute approximate surface area is 162 Å².